The Morgan fingerprint density at radius 3 is 2.69 bits per heavy atom. The van der Waals surface area contributed by atoms with Gasteiger partial charge in [0.2, 0.25) is 0 Å². The third kappa shape index (κ3) is 4.81. The van der Waals surface area contributed by atoms with Crippen LogP contribution in [0, 0.1) is 0 Å². The molecule has 9 nitrogen and oxygen atoms in total. The van der Waals surface area contributed by atoms with Crippen LogP contribution in [0.25, 0.3) is 11.0 Å². The lowest BCUT2D eigenvalue weighted by atomic mass is 10.1. The molecule has 1 amide bonds. The van der Waals surface area contributed by atoms with E-state index >= 15 is 0 Å². The summed E-state index contributed by atoms with van der Waals surface area (Å²) in [6.45, 7) is 1.29. The molecule has 0 N–H and O–H groups in total. The van der Waals surface area contributed by atoms with Gasteiger partial charge in [-0.05, 0) is 49.6 Å². The van der Waals surface area contributed by atoms with Gasteiger partial charge in [0.1, 0.15) is 23.6 Å². The Morgan fingerprint density at radius 2 is 1.80 bits per heavy atom. The van der Waals surface area contributed by atoms with E-state index in [1.54, 1.807) is 41.2 Å². The van der Waals surface area contributed by atoms with E-state index in [0.717, 1.165) is 19.3 Å². The number of aromatic nitrogens is 3. The average Bonchev–Trinajstić information content (AvgIpc) is 3.40. The number of carbonyl (C=O) groups is 2. The van der Waals surface area contributed by atoms with Crippen molar-refractivity contribution in [2.75, 3.05) is 11.4 Å². The number of rotatable bonds is 9. The number of benzene rings is 2. The number of hydrogen-bond donors (Lipinski definition) is 0. The highest BCUT2D eigenvalue weighted by molar-refractivity contribution is 6.52. The Labute approximate surface area is 204 Å². The van der Waals surface area contributed by atoms with Crippen LogP contribution in [0.3, 0.4) is 0 Å². The first-order valence-corrected chi connectivity index (χ1v) is 11.6. The minimum absolute atomic E-state index is 0.169. The van der Waals surface area contributed by atoms with Crippen molar-refractivity contribution in [1.29, 1.82) is 0 Å². The van der Waals surface area contributed by atoms with Crippen LogP contribution in [0.4, 0.5) is 5.69 Å². The lowest BCUT2D eigenvalue weighted by Crippen LogP contribution is -2.30. The molecule has 0 saturated carbocycles. The normalized spacial score (nSPS) is 13.0. The number of amides is 1. The quantitative estimate of drug-likeness (QED) is 0.197. The summed E-state index contributed by atoms with van der Waals surface area (Å²) < 4.78 is 12.7. The van der Waals surface area contributed by atoms with E-state index in [1.807, 2.05) is 12.1 Å². The van der Waals surface area contributed by atoms with Crippen molar-refractivity contribution in [3.05, 3.63) is 81.4 Å². The molecule has 0 atom stereocenters. The Kier molecular flexibility index (Phi) is 6.33. The molecule has 4 aromatic rings. The molecule has 5 rings (SSSR count). The van der Waals surface area contributed by atoms with Gasteiger partial charge in [-0.25, -0.2) is 4.79 Å². The molecule has 0 aliphatic carbocycles. The Morgan fingerprint density at radius 1 is 0.971 bits per heavy atom. The Bertz CT molecular complexity index is 1480. The monoisotopic (exact) mass is 492 g/mol. The number of nitrogens with zero attached hydrogens (tertiary/aromatic N) is 4. The van der Waals surface area contributed by atoms with Crippen molar-refractivity contribution in [2.45, 2.75) is 32.4 Å². The molecule has 10 heteroatoms. The van der Waals surface area contributed by atoms with Gasteiger partial charge in [-0.1, -0.05) is 28.9 Å². The summed E-state index contributed by atoms with van der Waals surface area (Å²) in [6.07, 6.45) is 4.22. The van der Waals surface area contributed by atoms with Crippen LogP contribution in [0.1, 0.15) is 35.3 Å². The molecule has 0 radical (unpaired) electrons. The van der Waals surface area contributed by atoms with Gasteiger partial charge in [-0.15, -0.1) is 5.10 Å². The number of ketones is 1. The fourth-order valence-corrected chi connectivity index (χ4v) is 4.25. The zero-order chi connectivity index (χ0) is 24.4. The number of fused-ring (bicyclic) bond motifs is 2. The molecule has 0 spiro atoms. The van der Waals surface area contributed by atoms with E-state index < -0.39 is 17.3 Å². The first-order valence-electron chi connectivity index (χ1n) is 11.2. The molecule has 35 heavy (non-hydrogen) atoms. The average molecular weight is 493 g/mol. The Hall–Kier alpha value is -3.98. The molecule has 2 aromatic carbocycles. The predicted molar refractivity (Wildman–Crippen MR) is 129 cm³/mol. The fourth-order valence-electron chi connectivity index (χ4n) is 4.08. The van der Waals surface area contributed by atoms with Gasteiger partial charge in [-0.3, -0.25) is 14.3 Å². The fraction of sp³-hybridized carbons (Fsp3) is 0.240. The predicted octanol–water partition coefficient (Wildman–Crippen LogP) is 4.02. The smallest absolute Gasteiger partial charge is 0.339 e. The largest absolute Gasteiger partial charge is 0.486 e. The maximum absolute atomic E-state index is 12.3. The summed E-state index contributed by atoms with van der Waals surface area (Å²) in [5, 5.41) is 9.41. The summed E-state index contributed by atoms with van der Waals surface area (Å²) in [6, 6.07) is 13.4. The lowest BCUT2D eigenvalue weighted by molar-refractivity contribution is -0.114. The lowest BCUT2D eigenvalue weighted by Gasteiger charge is -2.16. The van der Waals surface area contributed by atoms with Gasteiger partial charge in [0.05, 0.1) is 28.9 Å². The number of para-hydroxylation sites is 1. The number of Topliss-reactive ketones (excluding diaryl/α,β-unsaturated/α-hetero) is 1. The minimum Gasteiger partial charge on any atom is -0.486 e. The van der Waals surface area contributed by atoms with E-state index in [9.17, 15) is 14.4 Å². The van der Waals surface area contributed by atoms with Gasteiger partial charge < -0.3 is 14.1 Å². The summed E-state index contributed by atoms with van der Waals surface area (Å²) in [5.74, 6) is -0.582. The highest BCUT2D eigenvalue weighted by Gasteiger charge is 2.35. The van der Waals surface area contributed by atoms with Crippen LogP contribution in [-0.4, -0.2) is 33.2 Å². The second-order valence-corrected chi connectivity index (χ2v) is 8.63. The number of unbranched alkanes of at least 4 members (excludes halogenated alkanes) is 2. The van der Waals surface area contributed by atoms with Crippen LogP contribution in [0.5, 0.6) is 5.75 Å². The zero-order valence-electron chi connectivity index (χ0n) is 18.6. The van der Waals surface area contributed by atoms with Gasteiger partial charge >= 0.3 is 5.63 Å². The molecule has 0 saturated heterocycles. The van der Waals surface area contributed by atoms with Crippen molar-refractivity contribution < 1.29 is 18.7 Å². The van der Waals surface area contributed by atoms with Crippen LogP contribution < -0.4 is 15.3 Å². The highest BCUT2D eigenvalue weighted by Crippen LogP contribution is 2.31. The number of halogens is 1. The standard InChI is InChI=1S/C25H21ClN4O5/c26-16-8-9-20-19(12-16)24(32)25(33)30(20)11-5-1-4-10-29-14-17(27-28-29)15-34-22-13-23(31)35-21-7-3-2-6-18(21)22/h2-3,6-9,12-14H,1,4-5,10-11,15H2. The van der Waals surface area contributed by atoms with Crippen molar-refractivity contribution in [3.63, 3.8) is 0 Å². The second-order valence-electron chi connectivity index (χ2n) is 8.20. The first-order chi connectivity index (χ1) is 17.0. The number of ether oxygens (including phenoxy) is 1. The topological polar surface area (TPSA) is 108 Å². The van der Waals surface area contributed by atoms with Gasteiger partial charge in [0.15, 0.2) is 0 Å². The molecule has 178 valence electrons. The molecule has 0 unspecified atom stereocenters. The zero-order valence-corrected chi connectivity index (χ0v) is 19.4. The van der Waals surface area contributed by atoms with E-state index in [2.05, 4.69) is 10.3 Å². The molecule has 0 fully saturated rings. The van der Waals surface area contributed by atoms with Gasteiger partial charge in [0, 0.05) is 18.1 Å². The maximum Gasteiger partial charge on any atom is 0.339 e. The van der Waals surface area contributed by atoms with E-state index in [-0.39, 0.29) is 6.61 Å². The molecular weight excluding hydrogens is 472 g/mol. The molecule has 3 heterocycles. The second kappa shape index (κ2) is 9.71. The SMILES string of the molecule is O=C1C(=O)N(CCCCCn2cc(COc3cc(=O)oc4ccccc34)nn2)c2ccc(Cl)cc21. The molecule has 1 aliphatic rings. The van der Waals surface area contributed by atoms with Crippen molar-refractivity contribution in [3.8, 4) is 5.75 Å². The summed E-state index contributed by atoms with van der Waals surface area (Å²) in [7, 11) is 0. The van der Waals surface area contributed by atoms with Crippen LogP contribution >= 0.6 is 11.6 Å². The molecule has 1 aliphatic heterocycles. The number of hydrogen-bond acceptors (Lipinski definition) is 7. The maximum atomic E-state index is 12.3. The summed E-state index contributed by atoms with van der Waals surface area (Å²) in [5.41, 5.74) is 1.61. The minimum atomic E-state index is -0.510. The Balaban J connectivity index is 1.10. The third-order valence-electron chi connectivity index (χ3n) is 5.78. The number of aryl methyl sites for hydroxylation is 1. The summed E-state index contributed by atoms with van der Waals surface area (Å²) in [4.78, 5) is 37.7. The van der Waals surface area contributed by atoms with E-state index in [4.69, 9.17) is 20.8 Å². The van der Waals surface area contributed by atoms with E-state index in [1.165, 1.54) is 11.0 Å². The van der Waals surface area contributed by atoms with Crippen LogP contribution in [0.15, 0.2) is 63.9 Å². The van der Waals surface area contributed by atoms with Crippen LogP contribution in [0.2, 0.25) is 5.02 Å². The first kappa shape index (κ1) is 22.8. The summed E-state index contributed by atoms with van der Waals surface area (Å²) >= 11 is 5.95. The molecule has 2 aromatic heterocycles. The highest BCUT2D eigenvalue weighted by atomic mass is 35.5. The number of anilines is 1. The third-order valence-corrected chi connectivity index (χ3v) is 6.01. The molecule has 0 bridgehead atoms. The van der Waals surface area contributed by atoms with Crippen LogP contribution in [-0.2, 0) is 17.9 Å². The number of carbonyl (C=O) groups excluding carboxylic acids is 2. The van der Waals surface area contributed by atoms with Crippen molar-refractivity contribution >= 4 is 39.9 Å². The van der Waals surface area contributed by atoms with Gasteiger partial charge in [-0.2, -0.15) is 0 Å². The van der Waals surface area contributed by atoms with Crippen molar-refractivity contribution in [2.24, 2.45) is 0 Å². The molecular formula is C25H21ClN4O5. The van der Waals surface area contributed by atoms with Gasteiger partial charge in [0.25, 0.3) is 11.7 Å². The van der Waals surface area contributed by atoms with Crippen molar-refractivity contribution in [1.82, 2.24) is 15.0 Å². The van der Waals surface area contributed by atoms with E-state index in [0.29, 0.717) is 51.8 Å².